The van der Waals surface area contributed by atoms with E-state index in [9.17, 15) is 0 Å². The number of thiazole rings is 1. The largest absolute Gasteiger partial charge is 0.361 e. The Morgan fingerprint density at radius 1 is 1.26 bits per heavy atom. The molecule has 0 aliphatic rings. The van der Waals surface area contributed by atoms with Crippen molar-refractivity contribution in [1.82, 2.24) is 15.0 Å². The van der Waals surface area contributed by atoms with Gasteiger partial charge in [0.2, 0.25) is 0 Å². The van der Waals surface area contributed by atoms with Crippen LogP contribution in [-0.2, 0) is 6.42 Å². The summed E-state index contributed by atoms with van der Waals surface area (Å²) >= 11 is 9.34. The number of hydrogen-bond donors (Lipinski definition) is 2. The minimum absolute atomic E-state index is 0.741. The fourth-order valence-electron chi connectivity index (χ4n) is 2.41. The Balaban J connectivity index is 1.44. The van der Waals surface area contributed by atoms with Gasteiger partial charge >= 0.3 is 0 Å². The summed E-state index contributed by atoms with van der Waals surface area (Å²) in [5.41, 5.74) is 3.16. The molecule has 116 valence electrons. The van der Waals surface area contributed by atoms with Gasteiger partial charge in [-0.25, -0.2) is 9.97 Å². The van der Waals surface area contributed by atoms with E-state index in [1.54, 1.807) is 29.0 Å². The quantitative estimate of drug-likeness (QED) is 0.523. The zero-order valence-corrected chi connectivity index (χ0v) is 14.4. The average molecular weight is 361 g/mol. The van der Waals surface area contributed by atoms with Crippen molar-refractivity contribution >= 4 is 49.6 Å². The number of hydrogen-bond acceptors (Lipinski definition) is 5. The highest BCUT2D eigenvalue weighted by molar-refractivity contribution is 7.22. The number of nitrogens with zero attached hydrogens (tertiary/aromatic N) is 2. The standard InChI is InChI=1S/C16H13ClN4S2/c17-10-3-4-11-14(8-10)23-16(21-11)18-6-5-12-15(20-9-19-12)13-2-1-7-22-13/h1-4,7-9H,5-6H2,(H,18,21)(H,19,20). The molecule has 0 unspecified atom stereocenters. The van der Waals surface area contributed by atoms with Crippen molar-refractivity contribution in [1.29, 1.82) is 0 Å². The van der Waals surface area contributed by atoms with Gasteiger partial charge in [0.25, 0.3) is 0 Å². The van der Waals surface area contributed by atoms with Crippen LogP contribution < -0.4 is 5.32 Å². The molecule has 0 aliphatic carbocycles. The molecule has 7 heteroatoms. The van der Waals surface area contributed by atoms with E-state index < -0.39 is 0 Å². The van der Waals surface area contributed by atoms with Gasteiger partial charge in [-0.15, -0.1) is 11.3 Å². The predicted octanol–water partition coefficient (Wildman–Crippen LogP) is 5.06. The Labute approximate surface area is 146 Å². The Hall–Kier alpha value is -1.89. The predicted molar refractivity (Wildman–Crippen MR) is 98.7 cm³/mol. The minimum Gasteiger partial charge on any atom is -0.361 e. The summed E-state index contributed by atoms with van der Waals surface area (Å²) in [4.78, 5) is 13.4. The van der Waals surface area contributed by atoms with Crippen molar-refractivity contribution in [2.45, 2.75) is 6.42 Å². The third kappa shape index (κ3) is 3.10. The lowest BCUT2D eigenvalue weighted by molar-refractivity contribution is 0.978. The number of imidazole rings is 1. The maximum atomic E-state index is 6.01. The van der Waals surface area contributed by atoms with Crippen molar-refractivity contribution in [3.05, 3.63) is 52.8 Å². The number of nitrogens with one attached hydrogen (secondary N) is 2. The summed E-state index contributed by atoms with van der Waals surface area (Å²) in [6, 6.07) is 9.90. The number of halogens is 1. The highest BCUT2D eigenvalue weighted by Crippen LogP contribution is 2.29. The van der Waals surface area contributed by atoms with Gasteiger partial charge in [0.1, 0.15) is 5.69 Å². The SMILES string of the molecule is Clc1ccc2nc(NCCc3[nH]cnc3-c3cccs3)sc2c1. The van der Waals surface area contributed by atoms with Crippen LogP contribution in [0.15, 0.2) is 42.0 Å². The highest BCUT2D eigenvalue weighted by atomic mass is 35.5. The Kier molecular flexibility index (Phi) is 4.03. The molecule has 0 saturated carbocycles. The van der Waals surface area contributed by atoms with Crippen LogP contribution in [-0.4, -0.2) is 21.5 Å². The number of aromatic amines is 1. The van der Waals surface area contributed by atoms with Crippen molar-refractivity contribution in [2.75, 3.05) is 11.9 Å². The maximum Gasteiger partial charge on any atom is 0.183 e. The van der Waals surface area contributed by atoms with Gasteiger partial charge in [0.15, 0.2) is 5.13 Å². The summed E-state index contributed by atoms with van der Waals surface area (Å²) in [6.45, 7) is 0.800. The summed E-state index contributed by atoms with van der Waals surface area (Å²) in [7, 11) is 0. The zero-order chi connectivity index (χ0) is 15.6. The van der Waals surface area contributed by atoms with E-state index in [1.165, 1.54) is 4.88 Å². The van der Waals surface area contributed by atoms with Gasteiger partial charge < -0.3 is 10.3 Å². The van der Waals surface area contributed by atoms with Crippen LogP contribution in [0, 0.1) is 0 Å². The summed E-state index contributed by atoms with van der Waals surface area (Å²) in [5, 5.41) is 7.11. The lowest BCUT2D eigenvalue weighted by atomic mass is 10.2. The number of rotatable bonds is 5. The second-order valence-electron chi connectivity index (χ2n) is 5.01. The van der Waals surface area contributed by atoms with E-state index in [2.05, 4.69) is 31.7 Å². The first-order chi connectivity index (χ1) is 11.3. The summed E-state index contributed by atoms with van der Waals surface area (Å²) < 4.78 is 1.10. The molecule has 4 aromatic rings. The van der Waals surface area contributed by atoms with Gasteiger partial charge in [0.05, 0.1) is 21.4 Å². The van der Waals surface area contributed by atoms with E-state index in [4.69, 9.17) is 11.6 Å². The molecule has 0 saturated heterocycles. The second-order valence-corrected chi connectivity index (χ2v) is 7.43. The number of H-pyrrole nitrogens is 1. The van der Waals surface area contributed by atoms with Gasteiger partial charge in [-0.1, -0.05) is 29.0 Å². The summed E-state index contributed by atoms with van der Waals surface area (Å²) in [5.74, 6) is 0. The fourth-order valence-corrected chi connectivity index (χ4v) is 4.32. The van der Waals surface area contributed by atoms with Crippen LogP contribution in [0.4, 0.5) is 5.13 Å². The third-order valence-electron chi connectivity index (χ3n) is 3.47. The number of benzene rings is 1. The van der Waals surface area contributed by atoms with Crippen molar-refractivity contribution < 1.29 is 0 Å². The third-order valence-corrected chi connectivity index (χ3v) is 5.56. The van der Waals surface area contributed by atoms with E-state index >= 15 is 0 Å². The Bertz CT molecular complexity index is 927. The monoisotopic (exact) mass is 360 g/mol. The van der Waals surface area contributed by atoms with E-state index in [-0.39, 0.29) is 0 Å². The van der Waals surface area contributed by atoms with E-state index in [0.29, 0.717) is 0 Å². The van der Waals surface area contributed by atoms with Crippen molar-refractivity contribution in [3.8, 4) is 10.6 Å². The molecule has 0 fully saturated rings. The molecule has 3 heterocycles. The van der Waals surface area contributed by atoms with E-state index in [0.717, 1.165) is 44.7 Å². The minimum atomic E-state index is 0.741. The molecule has 4 nitrogen and oxygen atoms in total. The molecular formula is C16H13ClN4S2. The molecule has 23 heavy (non-hydrogen) atoms. The molecule has 3 aromatic heterocycles. The normalized spacial score (nSPS) is 11.2. The molecule has 1 aromatic carbocycles. The molecule has 0 bridgehead atoms. The first kappa shape index (κ1) is 14.7. The molecule has 4 rings (SSSR count). The molecule has 0 spiro atoms. The van der Waals surface area contributed by atoms with Crippen LogP contribution in [0.1, 0.15) is 5.69 Å². The van der Waals surface area contributed by atoms with Gasteiger partial charge in [0, 0.05) is 23.7 Å². The van der Waals surface area contributed by atoms with Gasteiger partial charge in [-0.05, 0) is 29.6 Å². The van der Waals surface area contributed by atoms with Crippen LogP contribution in [0.5, 0.6) is 0 Å². The van der Waals surface area contributed by atoms with Crippen LogP contribution in [0.3, 0.4) is 0 Å². The van der Waals surface area contributed by atoms with Gasteiger partial charge in [-0.3, -0.25) is 0 Å². The lowest BCUT2D eigenvalue weighted by Crippen LogP contribution is -2.05. The molecule has 0 radical (unpaired) electrons. The van der Waals surface area contributed by atoms with Crippen molar-refractivity contribution in [3.63, 3.8) is 0 Å². The Morgan fingerprint density at radius 2 is 2.22 bits per heavy atom. The summed E-state index contributed by atoms with van der Waals surface area (Å²) in [6.07, 6.45) is 2.62. The maximum absolute atomic E-state index is 6.01. The second kappa shape index (κ2) is 6.31. The lowest BCUT2D eigenvalue weighted by Gasteiger charge is -2.02. The fraction of sp³-hybridized carbons (Fsp3) is 0.125. The molecule has 0 atom stereocenters. The number of fused-ring (bicyclic) bond motifs is 1. The first-order valence-electron chi connectivity index (χ1n) is 7.16. The zero-order valence-electron chi connectivity index (χ0n) is 12.0. The van der Waals surface area contributed by atoms with Crippen LogP contribution in [0.25, 0.3) is 20.8 Å². The highest BCUT2D eigenvalue weighted by Gasteiger charge is 2.09. The van der Waals surface area contributed by atoms with E-state index in [1.807, 2.05) is 24.3 Å². The average Bonchev–Trinajstić information content (AvgIpc) is 3.26. The molecule has 2 N–H and O–H groups in total. The topological polar surface area (TPSA) is 53.6 Å². The smallest absolute Gasteiger partial charge is 0.183 e. The first-order valence-corrected chi connectivity index (χ1v) is 9.23. The number of anilines is 1. The molecular weight excluding hydrogens is 348 g/mol. The van der Waals surface area contributed by atoms with Crippen molar-refractivity contribution in [2.24, 2.45) is 0 Å². The van der Waals surface area contributed by atoms with Crippen LogP contribution >= 0.6 is 34.3 Å². The number of aromatic nitrogens is 3. The van der Waals surface area contributed by atoms with Gasteiger partial charge in [-0.2, -0.15) is 0 Å². The molecule has 0 aliphatic heterocycles. The Morgan fingerprint density at radius 3 is 3.09 bits per heavy atom. The number of thiophene rings is 1. The molecule has 0 amide bonds. The van der Waals surface area contributed by atoms with Crippen LogP contribution in [0.2, 0.25) is 5.02 Å².